The molecule has 140 heavy (non-hydrogen) atoms. The summed E-state index contributed by atoms with van der Waals surface area (Å²) in [5.41, 5.74) is 52.3. The molecule has 10 atom stereocenters. The molecule has 28 rings (SSSR count). The Morgan fingerprint density at radius 2 is 0.564 bits per heavy atom. The van der Waals surface area contributed by atoms with E-state index >= 15 is 0 Å². The van der Waals surface area contributed by atoms with Gasteiger partial charge in [-0.2, -0.15) is 0 Å². The largest absolute Gasteiger partial charge is 0.305 e. The number of hydrogen-bond donors (Lipinski definition) is 0. The molecule has 4 fully saturated rings. The summed E-state index contributed by atoms with van der Waals surface area (Å²) in [4.78, 5) is 11.5. The van der Waals surface area contributed by atoms with Crippen LogP contribution < -0.4 is 0 Å². The normalized spacial score (nSPS) is 23.8. The monoisotopic (exact) mass is 1840 g/mol. The van der Waals surface area contributed by atoms with E-state index in [4.69, 9.17) is 9.97 Å². The number of aromatic nitrogens is 3. The molecule has 0 saturated heterocycles. The molecule has 0 radical (unpaired) electrons. The van der Waals surface area contributed by atoms with Crippen LogP contribution in [-0.2, 0) is 27.1 Å². The van der Waals surface area contributed by atoms with Crippen molar-refractivity contribution in [1.29, 1.82) is 0 Å². The summed E-state index contributed by atoms with van der Waals surface area (Å²) in [7, 11) is 0. The molecule has 0 amide bonds. The minimum Gasteiger partial charge on any atom is -0.305 e. The van der Waals surface area contributed by atoms with E-state index in [1.54, 1.807) is 49.7 Å². The molecule has 0 N–H and O–H groups in total. The first-order valence-electron chi connectivity index (χ1n) is 56.7. The van der Waals surface area contributed by atoms with Gasteiger partial charge in [0.15, 0.2) is 0 Å². The third kappa shape index (κ3) is 13.0. The van der Waals surface area contributed by atoms with Gasteiger partial charge >= 0.3 is 0 Å². The summed E-state index contributed by atoms with van der Waals surface area (Å²) >= 11 is 0. The van der Waals surface area contributed by atoms with Gasteiger partial charge in [0.25, 0.3) is 0 Å². The van der Waals surface area contributed by atoms with E-state index in [1.807, 2.05) is 0 Å². The minimum atomic E-state index is -0.271. The summed E-state index contributed by atoms with van der Waals surface area (Å²) in [5, 5.41) is 6.13. The highest BCUT2D eigenvalue weighted by atomic mass is 15.0. The average Bonchev–Trinajstić information content (AvgIpc) is 1.49. The molecule has 0 aliphatic heterocycles. The van der Waals surface area contributed by atoms with Crippen LogP contribution in [-0.4, -0.2) is 14.4 Å². The quantitative estimate of drug-likeness (QED) is 0.0438. The number of nitrogens with zero attached hydrogens (tertiary/aromatic N) is 3. The van der Waals surface area contributed by atoms with E-state index in [1.165, 1.54) is 345 Å². The number of hydrogen-bond acceptors (Lipinski definition) is 2. The van der Waals surface area contributed by atoms with Gasteiger partial charge in [-0.25, -0.2) is 0 Å². The van der Waals surface area contributed by atoms with Gasteiger partial charge in [-0.1, -0.05) is 339 Å². The second-order valence-corrected chi connectivity index (χ2v) is 48.9. The van der Waals surface area contributed by atoms with Crippen molar-refractivity contribution in [2.45, 2.75) is 340 Å². The third-order valence-electron chi connectivity index (χ3n) is 40.7. The number of rotatable bonds is 29. The standard InChI is InChI=1S/C137H149N3/c1-15-23-27-33-39-101(22-8)137(100(21-7)38-30-25-17-3)120-74-91(86-41-50-103-102-49-40-85(84-34-31-28-32-35-84)68-113(102)133(9,10)114(103)69-86)45-54-108(120)109-55-46-92(75-121(109)137)88-43-52-105-104-51-42-87(70-115(104)134(11,12)116(105)71-88)90-44-53-106-107-56-47-93(76-119(107)136(118(106)73-90,98(19-5)36-26-18-4)99(20-6)37-29-24-16-2)89-48-57-110-111-77-112-126-122(78-138-130-96-64-80-58-81(65-96)61-94(60-80)124(126)130)140-123-79-139-131-97-66-82-59-83(67-97)63-95(62-82)125(131)127(123)128(132(112)140)129(111)135(13,14)117(110)72-89/h28,31-32,34-35,40-57,68-83,94-101H,15-27,29-30,33,36-39,58-67H2,1-14H3. The molecule has 0 spiro atoms. The van der Waals surface area contributed by atoms with Gasteiger partial charge in [-0.05, 0) is 388 Å². The maximum absolute atomic E-state index is 5.77. The Kier molecular flexibility index (Phi) is 21.7. The zero-order valence-electron chi connectivity index (χ0n) is 86.7. The van der Waals surface area contributed by atoms with E-state index in [-0.39, 0.29) is 27.1 Å². The maximum Gasteiger partial charge on any atom is 0.0728 e. The molecule has 4 aromatic heterocycles. The first-order chi connectivity index (χ1) is 68.3. The second kappa shape index (κ2) is 33.8. The average molecular weight is 1840 g/mol. The maximum atomic E-state index is 5.77. The van der Waals surface area contributed by atoms with Crippen LogP contribution in [0, 0.1) is 47.3 Å². The van der Waals surface area contributed by atoms with Crippen LogP contribution in [0.3, 0.4) is 0 Å². The molecule has 4 saturated carbocycles. The van der Waals surface area contributed by atoms with E-state index in [0.29, 0.717) is 47.3 Å². The Balaban J connectivity index is 0.566. The van der Waals surface area contributed by atoms with Crippen LogP contribution in [0.25, 0.3) is 149 Å². The molecular weight excluding hydrogens is 1690 g/mol. The summed E-state index contributed by atoms with van der Waals surface area (Å²) < 4.78 is 2.76. The number of unbranched alkanes of at least 4 members (excludes halogenated alkanes) is 8. The fourth-order valence-corrected chi connectivity index (χ4v) is 34.5. The topological polar surface area (TPSA) is 30.2 Å². The van der Waals surface area contributed by atoms with Crippen LogP contribution in [0.15, 0.2) is 213 Å². The predicted molar refractivity (Wildman–Crippen MR) is 592 cm³/mol. The lowest BCUT2D eigenvalue weighted by molar-refractivity contribution is 0.165. The van der Waals surface area contributed by atoms with Gasteiger partial charge in [-0.3, -0.25) is 9.97 Å². The van der Waals surface area contributed by atoms with Crippen LogP contribution in [0.4, 0.5) is 0 Å². The molecule has 10 unspecified atom stereocenters. The van der Waals surface area contributed by atoms with Gasteiger partial charge in [0.2, 0.25) is 0 Å². The zero-order valence-corrected chi connectivity index (χ0v) is 86.7. The molecular formula is C137H149N3. The van der Waals surface area contributed by atoms with Crippen molar-refractivity contribution >= 4 is 38.1 Å². The van der Waals surface area contributed by atoms with E-state index in [9.17, 15) is 0 Å². The third-order valence-corrected chi connectivity index (χ3v) is 40.7. The molecule has 13 aliphatic carbocycles. The minimum absolute atomic E-state index is 0.146. The molecule has 13 aliphatic rings. The van der Waals surface area contributed by atoms with Crippen molar-refractivity contribution in [3.8, 4) is 111 Å². The first-order valence-corrected chi connectivity index (χ1v) is 56.7. The lowest BCUT2D eigenvalue weighted by Crippen LogP contribution is -2.42. The summed E-state index contributed by atoms with van der Waals surface area (Å²) in [6.45, 7) is 35.1. The second-order valence-electron chi connectivity index (χ2n) is 48.9. The van der Waals surface area contributed by atoms with Crippen molar-refractivity contribution in [2.75, 3.05) is 0 Å². The van der Waals surface area contributed by atoms with E-state index in [0.717, 1.165) is 49.4 Å². The Hall–Kier alpha value is -10.5. The SMILES string of the molecule is CCCCCCC(CC)C1(C(CC)CCCCC)c2cc(-c3ccc4c(c3)C(C)(C)c3cc(-c5ccccc5)ccc3-4)ccc2-c2ccc(-c3ccc4c(c3)C(C)(C)c3cc(-c5ccc6c(c5)C(C(CC)CCCC)(C(CC)CCCCC)c5cc(-c7ccc8c(c7)C(C)(C)c7c-8cc8c9c%10c(ncc9n9c%11cnc%12c(c%11c7c89)C7CC8CC(CC%12C8)C7)C7CC8CC(C7)CC%10C8)ccc5-6)ccc3-4)cc21. The lowest BCUT2D eigenvalue weighted by atomic mass is 9.57. The smallest absolute Gasteiger partial charge is 0.0728 e. The molecule has 3 nitrogen and oxygen atoms in total. The van der Waals surface area contributed by atoms with Crippen molar-refractivity contribution < 1.29 is 0 Å². The molecule has 11 aromatic carbocycles. The van der Waals surface area contributed by atoms with Crippen LogP contribution in [0.2, 0.25) is 0 Å². The highest BCUT2D eigenvalue weighted by molar-refractivity contribution is 6.28. The number of pyridine rings is 2. The fourth-order valence-electron chi connectivity index (χ4n) is 34.5. The highest BCUT2D eigenvalue weighted by Crippen LogP contribution is 2.69. The van der Waals surface area contributed by atoms with Gasteiger partial charge in [0, 0.05) is 71.8 Å². The Bertz CT molecular complexity index is 7490. The molecule has 712 valence electrons. The van der Waals surface area contributed by atoms with Crippen LogP contribution >= 0.6 is 0 Å². The summed E-state index contributed by atoms with van der Waals surface area (Å²) in [5.74, 6) is 7.55. The Labute approximate surface area is 836 Å². The highest BCUT2D eigenvalue weighted by Gasteiger charge is 2.57. The zero-order chi connectivity index (χ0) is 95.1. The van der Waals surface area contributed by atoms with Crippen LogP contribution in [0.5, 0.6) is 0 Å². The molecule has 4 heterocycles. The molecule has 15 aromatic rings. The van der Waals surface area contributed by atoms with Gasteiger partial charge in [0.1, 0.15) is 0 Å². The number of fused-ring (bicyclic) bond motifs is 22. The van der Waals surface area contributed by atoms with Crippen molar-refractivity contribution in [3.05, 3.63) is 291 Å². The van der Waals surface area contributed by atoms with Gasteiger partial charge in [-0.15, -0.1) is 0 Å². The first kappa shape index (κ1) is 89.6. The molecule has 8 bridgehead atoms. The van der Waals surface area contributed by atoms with Gasteiger partial charge < -0.3 is 4.40 Å². The van der Waals surface area contributed by atoms with E-state index in [2.05, 4.69) is 314 Å². The Morgan fingerprint density at radius 1 is 0.271 bits per heavy atom. The van der Waals surface area contributed by atoms with Crippen molar-refractivity contribution in [1.82, 2.24) is 14.4 Å². The number of benzene rings is 11. The van der Waals surface area contributed by atoms with E-state index < -0.39 is 0 Å². The van der Waals surface area contributed by atoms with Crippen molar-refractivity contribution in [3.63, 3.8) is 0 Å². The van der Waals surface area contributed by atoms with Gasteiger partial charge in [0.05, 0.1) is 28.9 Å². The molecule has 3 heteroatoms. The Morgan fingerprint density at radius 3 is 0.921 bits per heavy atom. The summed E-state index contributed by atoms with van der Waals surface area (Å²) in [6, 6.07) is 83.3. The van der Waals surface area contributed by atoms with Crippen LogP contribution in [0.1, 0.15) is 391 Å². The fraction of sp³-hybridized carbons (Fsp3) is 0.445. The van der Waals surface area contributed by atoms with Crippen molar-refractivity contribution in [2.24, 2.45) is 47.3 Å². The predicted octanol–water partition coefficient (Wildman–Crippen LogP) is 38.6. The lowest BCUT2D eigenvalue weighted by Gasteiger charge is -2.46. The summed E-state index contributed by atoms with van der Waals surface area (Å²) in [6.07, 6.45) is 42.9.